The fraction of sp³-hybridized carbons (Fsp3) is 0.562. The number of ether oxygens (including phenoxy) is 1. The largest absolute Gasteiger partial charge is 0.382 e. The molecule has 0 spiro atoms. The number of nitrogens with one attached hydrogen (secondary N) is 2. The molecular weight excluding hydrogens is 252 g/mol. The van der Waals surface area contributed by atoms with Crippen LogP contribution in [0.1, 0.15) is 33.6 Å². The molecule has 20 heavy (non-hydrogen) atoms. The Morgan fingerprint density at radius 2 is 2.05 bits per heavy atom. The Morgan fingerprint density at radius 1 is 1.35 bits per heavy atom. The van der Waals surface area contributed by atoms with E-state index >= 15 is 0 Å². The first kappa shape index (κ1) is 14.9. The molecule has 1 aliphatic rings. The predicted octanol–water partition coefficient (Wildman–Crippen LogP) is 3.26. The summed E-state index contributed by atoms with van der Waals surface area (Å²) in [6.07, 6.45) is 2.51. The van der Waals surface area contributed by atoms with Crippen molar-refractivity contribution < 1.29 is 9.53 Å². The third-order valence-corrected chi connectivity index (χ3v) is 3.52. The molecule has 0 unspecified atom stereocenters. The number of carbonyl (C=O) groups is 1. The number of hydrogen-bond acceptors (Lipinski definition) is 3. The van der Waals surface area contributed by atoms with E-state index in [0.29, 0.717) is 12.1 Å². The predicted molar refractivity (Wildman–Crippen MR) is 82.0 cm³/mol. The second-order valence-corrected chi connectivity index (χ2v) is 5.61. The van der Waals surface area contributed by atoms with Gasteiger partial charge in [0.25, 0.3) is 0 Å². The van der Waals surface area contributed by atoms with Crippen LogP contribution in [0.25, 0.3) is 0 Å². The molecule has 0 atom stereocenters. The van der Waals surface area contributed by atoms with E-state index in [2.05, 4.69) is 10.6 Å². The first-order valence-corrected chi connectivity index (χ1v) is 7.37. The van der Waals surface area contributed by atoms with Crippen LogP contribution in [0.5, 0.6) is 0 Å². The first-order valence-electron chi connectivity index (χ1n) is 7.37. The van der Waals surface area contributed by atoms with Gasteiger partial charge in [-0.2, -0.15) is 0 Å². The summed E-state index contributed by atoms with van der Waals surface area (Å²) in [5.74, 6) is 0.0346. The zero-order valence-electron chi connectivity index (χ0n) is 12.5. The highest BCUT2D eigenvalue weighted by atomic mass is 16.5. The average Bonchev–Trinajstić information content (AvgIpc) is 2.36. The Balaban J connectivity index is 1.86. The molecule has 0 aromatic heterocycles. The SMILES string of the molecule is CCOC1CC(Nc2cccc(NC(=O)C(C)C)c2)C1. The van der Waals surface area contributed by atoms with Gasteiger partial charge in [-0.1, -0.05) is 19.9 Å². The van der Waals surface area contributed by atoms with E-state index in [0.717, 1.165) is 30.8 Å². The summed E-state index contributed by atoms with van der Waals surface area (Å²) in [5.41, 5.74) is 1.89. The van der Waals surface area contributed by atoms with E-state index in [4.69, 9.17) is 4.74 Å². The lowest BCUT2D eigenvalue weighted by molar-refractivity contribution is -0.118. The maximum atomic E-state index is 11.7. The van der Waals surface area contributed by atoms with Crippen molar-refractivity contribution >= 4 is 17.3 Å². The minimum absolute atomic E-state index is 0.00908. The first-order chi connectivity index (χ1) is 9.58. The molecule has 2 N–H and O–H groups in total. The quantitative estimate of drug-likeness (QED) is 0.838. The molecule has 1 fully saturated rings. The number of benzene rings is 1. The normalized spacial score (nSPS) is 21.4. The molecule has 0 bridgehead atoms. The molecule has 1 aliphatic carbocycles. The van der Waals surface area contributed by atoms with Crippen molar-refractivity contribution in [2.24, 2.45) is 5.92 Å². The average molecular weight is 276 g/mol. The summed E-state index contributed by atoms with van der Waals surface area (Å²) in [6, 6.07) is 8.35. The van der Waals surface area contributed by atoms with Gasteiger partial charge in [-0.25, -0.2) is 0 Å². The second kappa shape index (κ2) is 6.75. The van der Waals surface area contributed by atoms with E-state index in [1.807, 2.05) is 45.0 Å². The van der Waals surface area contributed by atoms with Crippen molar-refractivity contribution in [1.29, 1.82) is 0 Å². The summed E-state index contributed by atoms with van der Waals surface area (Å²) >= 11 is 0. The van der Waals surface area contributed by atoms with Crippen LogP contribution in [0, 0.1) is 5.92 Å². The summed E-state index contributed by atoms with van der Waals surface area (Å²) in [5, 5.41) is 6.39. The maximum absolute atomic E-state index is 11.7. The fourth-order valence-electron chi connectivity index (χ4n) is 2.26. The summed E-state index contributed by atoms with van der Waals surface area (Å²) in [7, 11) is 0. The molecular formula is C16H24N2O2. The Labute approximate surface area is 120 Å². The fourth-order valence-corrected chi connectivity index (χ4v) is 2.26. The highest BCUT2D eigenvalue weighted by Crippen LogP contribution is 2.27. The molecule has 1 amide bonds. The molecule has 0 saturated heterocycles. The third-order valence-electron chi connectivity index (χ3n) is 3.52. The molecule has 4 nitrogen and oxygen atoms in total. The van der Waals surface area contributed by atoms with Gasteiger partial charge in [-0.05, 0) is 38.0 Å². The van der Waals surface area contributed by atoms with Crippen LogP contribution in [-0.2, 0) is 9.53 Å². The van der Waals surface area contributed by atoms with Gasteiger partial charge in [0, 0.05) is 29.9 Å². The van der Waals surface area contributed by atoms with E-state index < -0.39 is 0 Å². The molecule has 0 heterocycles. The molecule has 2 rings (SSSR count). The summed E-state index contributed by atoms with van der Waals surface area (Å²) in [4.78, 5) is 11.7. The number of rotatable bonds is 6. The van der Waals surface area contributed by atoms with Gasteiger partial charge in [0.05, 0.1) is 6.10 Å². The Hall–Kier alpha value is -1.55. The van der Waals surface area contributed by atoms with Gasteiger partial charge >= 0.3 is 0 Å². The highest BCUT2D eigenvalue weighted by molar-refractivity contribution is 5.92. The molecule has 1 saturated carbocycles. The summed E-state index contributed by atoms with van der Waals surface area (Å²) < 4.78 is 5.55. The van der Waals surface area contributed by atoms with Crippen molar-refractivity contribution in [3.8, 4) is 0 Å². The second-order valence-electron chi connectivity index (χ2n) is 5.61. The van der Waals surface area contributed by atoms with Crippen LogP contribution < -0.4 is 10.6 Å². The number of hydrogen-bond donors (Lipinski definition) is 2. The monoisotopic (exact) mass is 276 g/mol. The molecule has 0 aliphatic heterocycles. The standard InChI is InChI=1S/C16H24N2O2/c1-4-20-15-9-14(10-15)17-12-6-5-7-13(8-12)18-16(19)11(2)3/h5-8,11,14-15,17H,4,9-10H2,1-3H3,(H,18,19). The molecule has 4 heteroatoms. The Bertz CT molecular complexity index is 454. The Kier molecular flexibility index (Phi) is 5.01. The van der Waals surface area contributed by atoms with Gasteiger partial charge in [-0.15, -0.1) is 0 Å². The Morgan fingerprint density at radius 3 is 2.70 bits per heavy atom. The lowest BCUT2D eigenvalue weighted by atomic mass is 9.89. The van der Waals surface area contributed by atoms with Gasteiger partial charge in [-0.3, -0.25) is 4.79 Å². The van der Waals surface area contributed by atoms with Crippen molar-refractivity contribution in [3.63, 3.8) is 0 Å². The van der Waals surface area contributed by atoms with Crippen LogP contribution in [0.15, 0.2) is 24.3 Å². The third kappa shape index (κ3) is 3.97. The van der Waals surface area contributed by atoms with E-state index in [1.165, 1.54) is 0 Å². The molecule has 1 aromatic carbocycles. The van der Waals surface area contributed by atoms with Crippen LogP contribution in [-0.4, -0.2) is 24.7 Å². The minimum Gasteiger partial charge on any atom is -0.382 e. The molecule has 0 radical (unpaired) electrons. The number of amides is 1. The van der Waals surface area contributed by atoms with Crippen LogP contribution in [0.2, 0.25) is 0 Å². The summed E-state index contributed by atoms with van der Waals surface area (Å²) in [6.45, 7) is 6.59. The van der Waals surface area contributed by atoms with Gasteiger partial charge in [0.1, 0.15) is 0 Å². The van der Waals surface area contributed by atoms with Crippen LogP contribution in [0.3, 0.4) is 0 Å². The zero-order chi connectivity index (χ0) is 14.5. The lowest BCUT2D eigenvalue weighted by Gasteiger charge is -2.36. The minimum atomic E-state index is -0.00908. The van der Waals surface area contributed by atoms with Crippen LogP contribution >= 0.6 is 0 Å². The number of carbonyl (C=O) groups excluding carboxylic acids is 1. The van der Waals surface area contributed by atoms with Crippen molar-refractivity contribution in [1.82, 2.24) is 0 Å². The van der Waals surface area contributed by atoms with Gasteiger partial charge < -0.3 is 15.4 Å². The van der Waals surface area contributed by atoms with Crippen molar-refractivity contribution in [2.45, 2.75) is 45.8 Å². The zero-order valence-corrected chi connectivity index (χ0v) is 12.5. The van der Waals surface area contributed by atoms with E-state index in [9.17, 15) is 4.79 Å². The molecule has 110 valence electrons. The molecule has 1 aromatic rings. The van der Waals surface area contributed by atoms with E-state index in [1.54, 1.807) is 0 Å². The lowest BCUT2D eigenvalue weighted by Crippen LogP contribution is -2.40. The van der Waals surface area contributed by atoms with Gasteiger partial charge in [0.2, 0.25) is 5.91 Å². The smallest absolute Gasteiger partial charge is 0.226 e. The van der Waals surface area contributed by atoms with E-state index in [-0.39, 0.29) is 11.8 Å². The number of anilines is 2. The van der Waals surface area contributed by atoms with Crippen LogP contribution in [0.4, 0.5) is 11.4 Å². The van der Waals surface area contributed by atoms with Crippen molar-refractivity contribution in [2.75, 3.05) is 17.2 Å². The van der Waals surface area contributed by atoms with Crippen molar-refractivity contribution in [3.05, 3.63) is 24.3 Å². The van der Waals surface area contributed by atoms with Gasteiger partial charge in [0.15, 0.2) is 0 Å². The maximum Gasteiger partial charge on any atom is 0.226 e. The highest BCUT2D eigenvalue weighted by Gasteiger charge is 2.29. The topological polar surface area (TPSA) is 50.4 Å².